The van der Waals surface area contributed by atoms with Gasteiger partial charge in [0.15, 0.2) is 0 Å². The molecular weight excluding hydrogens is 483 g/mol. The van der Waals surface area contributed by atoms with Crippen molar-refractivity contribution in [1.29, 1.82) is 0 Å². The number of aromatic amines is 1. The van der Waals surface area contributed by atoms with Crippen LogP contribution in [0.4, 0.5) is 9.18 Å². The Hall–Kier alpha value is -3.86. The fourth-order valence-electron chi connectivity index (χ4n) is 3.37. The monoisotopic (exact) mass is 510 g/mol. The molecule has 0 aliphatic heterocycles. The van der Waals surface area contributed by atoms with Crippen LogP contribution in [0, 0.1) is 5.95 Å². The average molecular weight is 511 g/mol. The lowest BCUT2D eigenvalue weighted by molar-refractivity contribution is 0.0231. The third-order valence-corrected chi connectivity index (χ3v) is 5.96. The molecule has 0 saturated carbocycles. The molecule has 0 atom stereocenters. The zero-order valence-corrected chi connectivity index (χ0v) is 21.1. The Morgan fingerprint density at radius 2 is 1.97 bits per heavy atom. The molecule has 9 nitrogen and oxygen atoms in total. The minimum absolute atomic E-state index is 0.211. The van der Waals surface area contributed by atoms with E-state index in [2.05, 4.69) is 25.3 Å². The van der Waals surface area contributed by atoms with Crippen molar-refractivity contribution in [3.05, 3.63) is 76.0 Å². The number of carbonyl (C=O) groups is 2. The van der Waals surface area contributed by atoms with Crippen LogP contribution < -0.4 is 5.32 Å². The number of ether oxygens (including phenoxy) is 1. The Kier molecular flexibility index (Phi) is 7.58. The summed E-state index contributed by atoms with van der Waals surface area (Å²) >= 11 is 1.34. The molecule has 4 rings (SSSR count). The van der Waals surface area contributed by atoms with Crippen LogP contribution in [0.25, 0.3) is 11.0 Å². The van der Waals surface area contributed by atoms with E-state index in [0.717, 1.165) is 11.0 Å². The SMILES string of the molecule is CC(C)(C)OC(=O)N(CCc1nc(C(=O)NCc2ccc(F)nc2)cs1)Cc1nc2ccccc2[nH]1. The van der Waals surface area contributed by atoms with Crippen LogP contribution in [0.15, 0.2) is 48.0 Å². The Morgan fingerprint density at radius 3 is 2.69 bits per heavy atom. The number of hydrogen-bond acceptors (Lipinski definition) is 7. The van der Waals surface area contributed by atoms with Crippen molar-refractivity contribution in [2.45, 2.75) is 45.9 Å². The first-order valence-corrected chi connectivity index (χ1v) is 12.3. The number of imidazole rings is 1. The van der Waals surface area contributed by atoms with Gasteiger partial charge in [-0.05, 0) is 44.5 Å². The molecule has 0 radical (unpaired) electrons. The van der Waals surface area contributed by atoms with Gasteiger partial charge in [-0.25, -0.2) is 19.7 Å². The molecule has 2 amide bonds. The molecule has 0 fully saturated rings. The van der Waals surface area contributed by atoms with Crippen LogP contribution >= 0.6 is 11.3 Å². The maximum Gasteiger partial charge on any atom is 0.410 e. The summed E-state index contributed by atoms with van der Waals surface area (Å²) in [6, 6.07) is 10.5. The highest BCUT2D eigenvalue weighted by atomic mass is 32.1. The van der Waals surface area contributed by atoms with Gasteiger partial charge in [0.2, 0.25) is 5.95 Å². The minimum atomic E-state index is -0.643. The molecule has 36 heavy (non-hydrogen) atoms. The van der Waals surface area contributed by atoms with Gasteiger partial charge in [0.25, 0.3) is 5.91 Å². The lowest BCUT2D eigenvalue weighted by Gasteiger charge is -2.26. The maximum absolute atomic E-state index is 12.9. The number of aromatic nitrogens is 4. The number of nitrogens with zero attached hydrogens (tertiary/aromatic N) is 4. The van der Waals surface area contributed by atoms with Gasteiger partial charge in [0, 0.05) is 31.1 Å². The molecule has 0 bridgehead atoms. The topological polar surface area (TPSA) is 113 Å². The molecule has 0 aliphatic carbocycles. The van der Waals surface area contributed by atoms with Crippen molar-refractivity contribution in [1.82, 2.24) is 30.2 Å². The molecule has 0 saturated heterocycles. The summed E-state index contributed by atoms with van der Waals surface area (Å²) in [6.07, 6.45) is 1.36. The normalized spacial score (nSPS) is 11.4. The predicted molar refractivity (Wildman–Crippen MR) is 134 cm³/mol. The van der Waals surface area contributed by atoms with E-state index in [4.69, 9.17) is 4.74 Å². The Morgan fingerprint density at radius 1 is 1.17 bits per heavy atom. The van der Waals surface area contributed by atoms with E-state index in [-0.39, 0.29) is 24.7 Å². The van der Waals surface area contributed by atoms with Crippen LogP contribution in [0.1, 0.15) is 47.7 Å². The highest BCUT2D eigenvalue weighted by Crippen LogP contribution is 2.17. The molecule has 1 aromatic carbocycles. The number of fused-ring (bicyclic) bond motifs is 1. The van der Waals surface area contributed by atoms with Crippen LogP contribution in [-0.4, -0.2) is 49.0 Å². The molecule has 0 aliphatic rings. The Bertz CT molecular complexity index is 1310. The van der Waals surface area contributed by atoms with Crippen molar-refractivity contribution in [2.24, 2.45) is 0 Å². The van der Waals surface area contributed by atoms with Crippen LogP contribution in [0.3, 0.4) is 0 Å². The second-order valence-corrected chi connectivity index (χ2v) is 10.1. The van der Waals surface area contributed by atoms with Gasteiger partial charge in [-0.3, -0.25) is 4.79 Å². The second-order valence-electron chi connectivity index (χ2n) is 9.15. The summed E-state index contributed by atoms with van der Waals surface area (Å²) in [5.74, 6) is -0.264. The standard InChI is InChI=1S/C25H27FN6O3S/c1-25(2,3)35-24(34)32(14-21-29-17-6-4-5-7-18(17)30-21)11-10-22-31-19(15-36-22)23(33)28-13-16-8-9-20(26)27-12-16/h4-9,12,15H,10-11,13-14H2,1-3H3,(H,28,33)(H,29,30). The fraction of sp³-hybridized carbons (Fsp3) is 0.320. The van der Waals surface area contributed by atoms with E-state index in [1.807, 2.05) is 45.0 Å². The molecule has 4 aromatic rings. The van der Waals surface area contributed by atoms with E-state index in [9.17, 15) is 14.0 Å². The molecule has 0 spiro atoms. The quantitative estimate of drug-likeness (QED) is 0.338. The van der Waals surface area contributed by atoms with Gasteiger partial charge >= 0.3 is 6.09 Å². The van der Waals surface area contributed by atoms with Crippen molar-refractivity contribution in [3.8, 4) is 0 Å². The first kappa shape index (κ1) is 25.2. The molecule has 0 unspecified atom stereocenters. The van der Waals surface area contributed by atoms with E-state index in [1.165, 1.54) is 23.6 Å². The first-order chi connectivity index (χ1) is 17.2. The number of hydrogen-bond donors (Lipinski definition) is 2. The number of amides is 2. The van der Waals surface area contributed by atoms with Crippen molar-refractivity contribution in [3.63, 3.8) is 0 Å². The lowest BCUT2D eigenvalue weighted by Crippen LogP contribution is -2.37. The summed E-state index contributed by atoms with van der Waals surface area (Å²) in [5, 5.41) is 5.13. The summed E-state index contributed by atoms with van der Waals surface area (Å²) < 4.78 is 18.5. The van der Waals surface area contributed by atoms with E-state index in [0.29, 0.717) is 29.4 Å². The summed E-state index contributed by atoms with van der Waals surface area (Å²) in [4.78, 5) is 42.7. The van der Waals surface area contributed by atoms with E-state index >= 15 is 0 Å². The number of nitrogens with one attached hydrogen (secondary N) is 2. The third-order valence-electron chi connectivity index (χ3n) is 5.05. The molecule has 188 valence electrons. The number of pyridine rings is 1. The van der Waals surface area contributed by atoms with Gasteiger partial charge in [-0.1, -0.05) is 18.2 Å². The summed E-state index contributed by atoms with van der Waals surface area (Å²) in [6.45, 7) is 6.24. The van der Waals surface area contributed by atoms with E-state index in [1.54, 1.807) is 16.3 Å². The van der Waals surface area contributed by atoms with E-state index < -0.39 is 17.6 Å². The van der Waals surface area contributed by atoms with Gasteiger partial charge in [0.1, 0.15) is 17.1 Å². The van der Waals surface area contributed by atoms with Gasteiger partial charge < -0.3 is 19.9 Å². The molecular formula is C25H27FN6O3S. The number of rotatable bonds is 8. The number of thiazole rings is 1. The van der Waals surface area contributed by atoms with Crippen LogP contribution in [0.2, 0.25) is 0 Å². The van der Waals surface area contributed by atoms with Crippen molar-refractivity contribution < 1.29 is 18.7 Å². The van der Waals surface area contributed by atoms with Crippen LogP contribution in [-0.2, 0) is 24.2 Å². The van der Waals surface area contributed by atoms with Crippen LogP contribution in [0.5, 0.6) is 0 Å². The van der Waals surface area contributed by atoms with Gasteiger partial charge in [-0.2, -0.15) is 4.39 Å². The minimum Gasteiger partial charge on any atom is -0.444 e. The molecule has 3 aromatic heterocycles. The molecule has 11 heteroatoms. The number of carbonyl (C=O) groups excluding carboxylic acids is 2. The molecule has 2 N–H and O–H groups in total. The molecule has 3 heterocycles. The number of halogens is 1. The predicted octanol–water partition coefficient (Wildman–Crippen LogP) is 4.46. The zero-order valence-electron chi connectivity index (χ0n) is 20.2. The smallest absolute Gasteiger partial charge is 0.410 e. The summed E-state index contributed by atoms with van der Waals surface area (Å²) in [5.41, 5.74) is 2.03. The lowest BCUT2D eigenvalue weighted by atomic mass is 10.2. The van der Waals surface area contributed by atoms with Gasteiger partial charge in [0.05, 0.1) is 22.6 Å². The maximum atomic E-state index is 12.9. The van der Waals surface area contributed by atoms with Crippen molar-refractivity contribution in [2.75, 3.05) is 6.54 Å². The second kappa shape index (κ2) is 10.8. The Labute approximate surface area is 211 Å². The number of H-pyrrole nitrogens is 1. The highest BCUT2D eigenvalue weighted by Gasteiger charge is 2.24. The largest absolute Gasteiger partial charge is 0.444 e. The Balaban J connectivity index is 1.39. The number of para-hydroxylation sites is 2. The zero-order chi connectivity index (χ0) is 25.7. The van der Waals surface area contributed by atoms with Crippen molar-refractivity contribution >= 4 is 34.4 Å². The third kappa shape index (κ3) is 6.85. The summed E-state index contributed by atoms with van der Waals surface area (Å²) in [7, 11) is 0. The first-order valence-electron chi connectivity index (χ1n) is 11.4. The highest BCUT2D eigenvalue weighted by molar-refractivity contribution is 7.09. The van der Waals surface area contributed by atoms with Gasteiger partial charge in [-0.15, -0.1) is 11.3 Å². The average Bonchev–Trinajstić information content (AvgIpc) is 3.46. The number of benzene rings is 1. The fourth-order valence-corrected chi connectivity index (χ4v) is 4.13.